The van der Waals surface area contributed by atoms with Crippen molar-refractivity contribution in [3.05, 3.63) is 53.6 Å². The zero-order chi connectivity index (χ0) is 15.9. The molecule has 0 bridgehead atoms. The Morgan fingerprint density at radius 1 is 1.09 bits per heavy atom. The summed E-state index contributed by atoms with van der Waals surface area (Å²) in [4.78, 5) is 11.8. The molecular formula is C18H22N2O2. The van der Waals surface area contributed by atoms with Gasteiger partial charge in [0, 0.05) is 17.8 Å². The van der Waals surface area contributed by atoms with E-state index in [1.54, 1.807) is 24.3 Å². The van der Waals surface area contributed by atoms with Gasteiger partial charge in [-0.1, -0.05) is 6.07 Å². The number of aryl methyl sites for hydroxylation is 2. The molecule has 116 valence electrons. The molecule has 3 N–H and O–H groups in total. The number of nitrogen functional groups attached to an aromatic ring is 1. The van der Waals surface area contributed by atoms with Crippen molar-refractivity contribution in [1.82, 2.24) is 0 Å². The molecule has 0 unspecified atom stereocenters. The molecular weight excluding hydrogens is 276 g/mol. The predicted molar refractivity (Wildman–Crippen MR) is 90.1 cm³/mol. The average molecular weight is 298 g/mol. The van der Waals surface area contributed by atoms with Crippen molar-refractivity contribution in [3.8, 4) is 5.75 Å². The minimum absolute atomic E-state index is 0.0196. The highest BCUT2D eigenvalue weighted by molar-refractivity contribution is 5.90. The SMILES string of the molecule is Cc1cc(C)cc(OCCCC(=O)Nc2ccc(N)cc2)c1. The third kappa shape index (κ3) is 5.13. The van der Waals surface area contributed by atoms with Crippen LogP contribution in [0.3, 0.4) is 0 Å². The summed E-state index contributed by atoms with van der Waals surface area (Å²) in [5.74, 6) is 0.838. The van der Waals surface area contributed by atoms with Gasteiger partial charge < -0.3 is 15.8 Å². The fourth-order valence-electron chi connectivity index (χ4n) is 2.23. The van der Waals surface area contributed by atoms with E-state index in [2.05, 4.69) is 11.4 Å². The number of benzene rings is 2. The normalized spacial score (nSPS) is 10.3. The third-order valence-electron chi connectivity index (χ3n) is 3.21. The van der Waals surface area contributed by atoms with E-state index in [0.717, 1.165) is 11.4 Å². The number of ether oxygens (including phenoxy) is 1. The van der Waals surface area contributed by atoms with E-state index >= 15 is 0 Å². The standard InChI is InChI=1S/C18H22N2O2/c1-13-10-14(2)12-17(11-13)22-9-3-4-18(21)20-16-7-5-15(19)6-8-16/h5-8,10-12H,3-4,9,19H2,1-2H3,(H,20,21). The number of hydrogen-bond acceptors (Lipinski definition) is 3. The van der Waals surface area contributed by atoms with Crippen LogP contribution < -0.4 is 15.8 Å². The highest BCUT2D eigenvalue weighted by Crippen LogP contribution is 2.16. The van der Waals surface area contributed by atoms with Crippen LogP contribution in [-0.2, 0) is 4.79 Å². The maximum atomic E-state index is 11.8. The first-order valence-electron chi connectivity index (χ1n) is 7.39. The highest BCUT2D eigenvalue weighted by atomic mass is 16.5. The van der Waals surface area contributed by atoms with E-state index in [1.165, 1.54) is 11.1 Å². The monoisotopic (exact) mass is 298 g/mol. The summed E-state index contributed by atoms with van der Waals surface area (Å²) in [5, 5.41) is 2.84. The van der Waals surface area contributed by atoms with E-state index in [1.807, 2.05) is 26.0 Å². The number of hydrogen-bond donors (Lipinski definition) is 2. The first-order chi connectivity index (χ1) is 10.5. The van der Waals surface area contributed by atoms with Crippen LogP contribution in [0.25, 0.3) is 0 Å². The first kappa shape index (κ1) is 15.9. The minimum Gasteiger partial charge on any atom is -0.494 e. The Balaban J connectivity index is 1.71. The summed E-state index contributed by atoms with van der Waals surface area (Å²) in [5.41, 5.74) is 9.40. The van der Waals surface area contributed by atoms with Gasteiger partial charge in [0.2, 0.25) is 5.91 Å². The second kappa shape index (κ2) is 7.50. The van der Waals surface area contributed by atoms with Gasteiger partial charge in [0.15, 0.2) is 0 Å². The van der Waals surface area contributed by atoms with Gasteiger partial charge in [-0.15, -0.1) is 0 Å². The number of nitrogens with two attached hydrogens (primary N) is 1. The first-order valence-corrected chi connectivity index (χ1v) is 7.39. The van der Waals surface area contributed by atoms with E-state index < -0.39 is 0 Å². The van der Waals surface area contributed by atoms with Gasteiger partial charge in [-0.3, -0.25) is 4.79 Å². The maximum absolute atomic E-state index is 11.8. The van der Waals surface area contributed by atoms with Gasteiger partial charge in [-0.05, 0) is 67.8 Å². The lowest BCUT2D eigenvalue weighted by atomic mass is 10.1. The van der Waals surface area contributed by atoms with Crippen LogP contribution in [0.4, 0.5) is 11.4 Å². The highest BCUT2D eigenvalue weighted by Gasteiger charge is 2.03. The van der Waals surface area contributed by atoms with Crippen LogP contribution >= 0.6 is 0 Å². The van der Waals surface area contributed by atoms with Gasteiger partial charge >= 0.3 is 0 Å². The number of amides is 1. The van der Waals surface area contributed by atoms with Crippen LogP contribution in [0.5, 0.6) is 5.75 Å². The molecule has 0 aliphatic carbocycles. The summed E-state index contributed by atoms with van der Waals surface area (Å²) in [6, 6.07) is 13.2. The van der Waals surface area contributed by atoms with Crippen molar-refractivity contribution in [2.24, 2.45) is 0 Å². The molecule has 0 fully saturated rings. The van der Waals surface area contributed by atoms with E-state index in [4.69, 9.17) is 10.5 Å². The molecule has 0 saturated carbocycles. The third-order valence-corrected chi connectivity index (χ3v) is 3.21. The summed E-state index contributed by atoms with van der Waals surface area (Å²) in [6.07, 6.45) is 1.10. The van der Waals surface area contributed by atoms with Gasteiger partial charge in [0.1, 0.15) is 5.75 Å². The maximum Gasteiger partial charge on any atom is 0.224 e. The Morgan fingerprint density at radius 3 is 2.36 bits per heavy atom. The lowest BCUT2D eigenvalue weighted by Crippen LogP contribution is -2.12. The summed E-state index contributed by atoms with van der Waals surface area (Å²) < 4.78 is 5.69. The van der Waals surface area contributed by atoms with Crippen LogP contribution in [0.15, 0.2) is 42.5 Å². The van der Waals surface area contributed by atoms with Gasteiger partial charge in [-0.2, -0.15) is 0 Å². The van der Waals surface area contributed by atoms with Crippen molar-refractivity contribution in [1.29, 1.82) is 0 Å². The van der Waals surface area contributed by atoms with E-state index in [9.17, 15) is 4.79 Å². The molecule has 0 heterocycles. The molecule has 2 aromatic carbocycles. The Hall–Kier alpha value is -2.49. The Kier molecular flexibility index (Phi) is 5.42. The molecule has 0 aromatic heterocycles. The smallest absolute Gasteiger partial charge is 0.224 e. The largest absolute Gasteiger partial charge is 0.494 e. The second-order valence-corrected chi connectivity index (χ2v) is 5.45. The van der Waals surface area contributed by atoms with Crippen molar-refractivity contribution in [3.63, 3.8) is 0 Å². The second-order valence-electron chi connectivity index (χ2n) is 5.45. The lowest BCUT2D eigenvalue weighted by Gasteiger charge is -2.09. The molecule has 0 saturated heterocycles. The van der Waals surface area contributed by atoms with Crippen molar-refractivity contribution >= 4 is 17.3 Å². The fourth-order valence-corrected chi connectivity index (χ4v) is 2.23. The minimum atomic E-state index is -0.0196. The average Bonchev–Trinajstić information content (AvgIpc) is 2.45. The van der Waals surface area contributed by atoms with Gasteiger partial charge in [0.25, 0.3) is 0 Å². The fraction of sp³-hybridized carbons (Fsp3) is 0.278. The molecule has 2 rings (SSSR count). The zero-order valence-electron chi connectivity index (χ0n) is 13.1. The van der Waals surface area contributed by atoms with Crippen LogP contribution in [0.2, 0.25) is 0 Å². The Labute approximate surface area is 131 Å². The molecule has 0 spiro atoms. The summed E-state index contributed by atoms with van der Waals surface area (Å²) in [7, 11) is 0. The zero-order valence-corrected chi connectivity index (χ0v) is 13.1. The molecule has 0 radical (unpaired) electrons. The number of nitrogens with one attached hydrogen (secondary N) is 1. The molecule has 1 amide bonds. The predicted octanol–water partition coefficient (Wildman–Crippen LogP) is 3.68. The molecule has 4 heteroatoms. The number of anilines is 2. The van der Waals surface area contributed by atoms with Gasteiger partial charge in [0.05, 0.1) is 6.61 Å². The van der Waals surface area contributed by atoms with Crippen LogP contribution in [0.1, 0.15) is 24.0 Å². The Bertz CT molecular complexity index is 616. The quantitative estimate of drug-likeness (QED) is 0.631. The molecule has 22 heavy (non-hydrogen) atoms. The number of carbonyl (C=O) groups is 1. The molecule has 0 atom stereocenters. The summed E-state index contributed by atoms with van der Waals surface area (Å²) >= 11 is 0. The summed E-state index contributed by atoms with van der Waals surface area (Å²) in [6.45, 7) is 4.61. The Morgan fingerprint density at radius 2 is 1.73 bits per heavy atom. The van der Waals surface area contributed by atoms with E-state index in [-0.39, 0.29) is 5.91 Å². The van der Waals surface area contributed by atoms with Crippen LogP contribution in [-0.4, -0.2) is 12.5 Å². The van der Waals surface area contributed by atoms with Gasteiger partial charge in [-0.25, -0.2) is 0 Å². The van der Waals surface area contributed by atoms with E-state index in [0.29, 0.717) is 25.1 Å². The van der Waals surface area contributed by atoms with Crippen molar-refractivity contribution in [2.75, 3.05) is 17.7 Å². The van der Waals surface area contributed by atoms with Crippen LogP contribution in [0, 0.1) is 13.8 Å². The number of carbonyl (C=O) groups excluding carboxylic acids is 1. The number of rotatable bonds is 6. The van der Waals surface area contributed by atoms with Crippen molar-refractivity contribution < 1.29 is 9.53 Å². The topological polar surface area (TPSA) is 64.3 Å². The van der Waals surface area contributed by atoms with Crippen molar-refractivity contribution in [2.45, 2.75) is 26.7 Å². The molecule has 4 nitrogen and oxygen atoms in total. The molecule has 2 aromatic rings. The molecule has 0 aliphatic rings. The lowest BCUT2D eigenvalue weighted by molar-refractivity contribution is -0.116. The molecule has 0 aliphatic heterocycles.